The van der Waals surface area contributed by atoms with Crippen LogP contribution in [0.15, 0.2) is 18.2 Å². The minimum atomic E-state index is -0.447. The highest BCUT2D eigenvalue weighted by molar-refractivity contribution is 5.94. The van der Waals surface area contributed by atoms with Crippen molar-refractivity contribution in [2.75, 3.05) is 33.8 Å². The number of likely N-dealkylation sites (tertiary alicyclic amines) is 1. The number of nitrogens with one attached hydrogen (secondary N) is 1. The van der Waals surface area contributed by atoms with Gasteiger partial charge in [-0.25, -0.2) is 4.39 Å². The maximum absolute atomic E-state index is 13.4. The molecule has 1 saturated heterocycles. The SMILES string of the molecule is CNCC1CCN(C(=O)c2ccc(F)c(OC)c2)CC1.Cl. The van der Waals surface area contributed by atoms with Crippen molar-refractivity contribution in [2.45, 2.75) is 12.8 Å². The first-order valence-corrected chi connectivity index (χ1v) is 6.93. The van der Waals surface area contributed by atoms with Gasteiger partial charge in [-0.3, -0.25) is 4.79 Å². The number of hydrogen-bond donors (Lipinski definition) is 1. The molecule has 0 radical (unpaired) electrons. The molecule has 0 saturated carbocycles. The van der Waals surface area contributed by atoms with Crippen LogP contribution in [-0.2, 0) is 0 Å². The predicted octanol–water partition coefficient (Wildman–Crippen LogP) is 2.33. The summed E-state index contributed by atoms with van der Waals surface area (Å²) in [6.45, 7) is 2.50. The van der Waals surface area contributed by atoms with E-state index in [0.29, 0.717) is 11.5 Å². The average molecular weight is 317 g/mol. The number of carbonyl (C=O) groups is 1. The summed E-state index contributed by atoms with van der Waals surface area (Å²) in [5, 5.41) is 3.17. The number of piperidine rings is 1. The zero-order valence-corrected chi connectivity index (χ0v) is 13.2. The highest BCUT2D eigenvalue weighted by atomic mass is 35.5. The Bertz CT molecular complexity index is 477. The van der Waals surface area contributed by atoms with Gasteiger partial charge >= 0.3 is 0 Å². The maximum Gasteiger partial charge on any atom is 0.253 e. The lowest BCUT2D eigenvalue weighted by Gasteiger charge is -2.32. The second kappa shape index (κ2) is 8.20. The van der Waals surface area contributed by atoms with Crippen LogP contribution in [-0.4, -0.2) is 44.6 Å². The second-order valence-corrected chi connectivity index (χ2v) is 5.14. The van der Waals surface area contributed by atoms with E-state index in [2.05, 4.69) is 5.32 Å². The fourth-order valence-corrected chi connectivity index (χ4v) is 2.60. The Morgan fingerprint density at radius 1 is 1.43 bits per heavy atom. The number of ether oxygens (including phenoxy) is 1. The van der Waals surface area contributed by atoms with Crippen LogP contribution in [0.2, 0.25) is 0 Å². The summed E-state index contributed by atoms with van der Waals surface area (Å²) in [6.07, 6.45) is 2.01. The van der Waals surface area contributed by atoms with Crippen LogP contribution >= 0.6 is 12.4 Å². The molecule has 21 heavy (non-hydrogen) atoms. The van der Waals surface area contributed by atoms with Gasteiger partial charge in [-0.1, -0.05) is 0 Å². The summed E-state index contributed by atoms with van der Waals surface area (Å²) >= 11 is 0. The van der Waals surface area contributed by atoms with Gasteiger partial charge in [0.1, 0.15) is 0 Å². The molecule has 1 N–H and O–H groups in total. The first-order chi connectivity index (χ1) is 9.65. The third-order valence-electron chi connectivity index (χ3n) is 3.79. The molecule has 0 unspecified atom stereocenters. The number of hydrogen-bond acceptors (Lipinski definition) is 3. The molecule has 4 nitrogen and oxygen atoms in total. The lowest BCUT2D eigenvalue weighted by Crippen LogP contribution is -2.40. The third-order valence-corrected chi connectivity index (χ3v) is 3.79. The van der Waals surface area contributed by atoms with Crippen LogP contribution in [0.4, 0.5) is 4.39 Å². The first-order valence-electron chi connectivity index (χ1n) is 6.93. The van der Waals surface area contributed by atoms with Gasteiger partial charge in [0.2, 0.25) is 0 Å². The van der Waals surface area contributed by atoms with E-state index >= 15 is 0 Å². The van der Waals surface area contributed by atoms with Crippen molar-refractivity contribution < 1.29 is 13.9 Å². The topological polar surface area (TPSA) is 41.6 Å². The van der Waals surface area contributed by atoms with Crippen LogP contribution in [0.25, 0.3) is 0 Å². The van der Waals surface area contributed by atoms with Gasteiger partial charge in [0.15, 0.2) is 11.6 Å². The fourth-order valence-electron chi connectivity index (χ4n) is 2.60. The van der Waals surface area contributed by atoms with Gasteiger partial charge in [-0.05, 0) is 50.6 Å². The predicted molar refractivity (Wildman–Crippen MR) is 82.8 cm³/mol. The minimum absolute atomic E-state index is 0. The van der Waals surface area contributed by atoms with Crippen molar-refractivity contribution in [3.05, 3.63) is 29.6 Å². The van der Waals surface area contributed by atoms with Crippen molar-refractivity contribution >= 4 is 18.3 Å². The quantitative estimate of drug-likeness (QED) is 0.927. The van der Waals surface area contributed by atoms with Crippen LogP contribution < -0.4 is 10.1 Å². The van der Waals surface area contributed by atoms with Crippen LogP contribution in [0.1, 0.15) is 23.2 Å². The molecule has 1 fully saturated rings. The standard InChI is InChI=1S/C15H21FN2O2.ClH/c1-17-10-11-5-7-18(8-6-11)15(19)12-3-4-13(16)14(9-12)20-2;/h3-4,9,11,17H,5-8,10H2,1-2H3;1H. The molecule has 0 spiro atoms. The number of rotatable bonds is 4. The van der Waals surface area contributed by atoms with Crippen molar-refractivity contribution in [1.29, 1.82) is 0 Å². The molecular weight excluding hydrogens is 295 g/mol. The molecule has 0 atom stereocenters. The zero-order chi connectivity index (χ0) is 14.5. The Morgan fingerprint density at radius 3 is 2.67 bits per heavy atom. The molecule has 1 aromatic rings. The Hall–Kier alpha value is -1.33. The van der Waals surface area contributed by atoms with Crippen LogP contribution in [0.5, 0.6) is 5.75 Å². The van der Waals surface area contributed by atoms with E-state index in [1.165, 1.54) is 25.3 Å². The first kappa shape index (κ1) is 17.7. The summed E-state index contributed by atoms with van der Waals surface area (Å²) in [6, 6.07) is 4.26. The van der Waals surface area contributed by atoms with E-state index in [0.717, 1.165) is 32.5 Å². The normalized spacial score (nSPS) is 15.5. The lowest BCUT2D eigenvalue weighted by atomic mass is 9.96. The smallest absolute Gasteiger partial charge is 0.253 e. The Kier molecular flexibility index (Phi) is 6.92. The van der Waals surface area contributed by atoms with Crippen molar-refractivity contribution in [1.82, 2.24) is 10.2 Å². The molecule has 1 amide bonds. The Balaban J connectivity index is 0.00000220. The molecule has 118 valence electrons. The molecule has 1 aromatic carbocycles. The minimum Gasteiger partial charge on any atom is -0.494 e. The van der Waals surface area contributed by atoms with Crippen LogP contribution in [0.3, 0.4) is 0 Å². The largest absolute Gasteiger partial charge is 0.494 e. The molecule has 6 heteroatoms. The molecule has 1 aliphatic rings. The van der Waals surface area contributed by atoms with E-state index in [1.807, 2.05) is 11.9 Å². The number of halogens is 2. The molecule has 0 bridgehead atoms. The maximum atomic E-state index is 13.4. The van der Waals surface area contributed by atoms with Gasteiger partial charge in [0.05, 0.1) is 7.11 Å². The zero-order valence-electron chi connectivity index (χ0n) is 12.4. The van der Waals surface area contributed by atoms with E-state index < -0.39 is 5.82 Å². The fraction of sp³-hybridized carbons (Fsp3) is 0.533. The Morgan fingerprint density at radius 2 is 2.10 bits per heavy atom. The monoisotopic (exact) mass is 316 g/mol. The van der Waals surface area contributed by atoms with Crippen molar-refractivity contribution in [3.8, 4) is 5.75 Å². The van der Waals surface area contributed by atoms with E-state index in [1.54, 1.807) is 0 Å². The third kappa shape index (κ3) is 4.32. The van der Waals surface area contributed by atoms with Gasteiger partial charge in [-0.2, -0.15) is 0 Å². The average Bonchev–Trinajstić information content (AvgIpc) is 2.48. The molecular formula is C15H22ClFN2O2. The van der Waals surface area contributed by atoms with Gasteiger partial charge < -0.3 is 15.0 Å². The molecule has 0 aromatic heterocycles. The highest BCUT2D eigenvalue weighted by Gasteiger charge is 2.23. The van der Waals surface area contributed by atoms with E-state index in [9.17, 15) is 9.18 Å². The number of amides is 1. The number of nitrogens with zero attached hydrogens (tertiary/aromatic N) is 1. The van der Waals surface area contributed by atoms with Gasteiger partial charge in [-0.15, -0.1) is 12.4 Å². The second-order valence-electron chi connectivity index (χ2n) is 5.14. The van der Waals surface area contributed by atoms with E-state index in [-0.39, 0.29) is 24.1 Å². The number of benzene rings is 1. The lowest BCUT2D eigenvalue weighted by molar-refractivity contribution is 0.0690. The molecule has 1 heterocycles. The summed E-state index contributed by atoms with van der Waals surface area (Å²) in [5.41, 5.74) is 0.482. The van der Waals surface area contributed by atoms with Crippen molar-refractivity contribution in [2.24, 2.45) is 5.92 Å². The highest BCUT2D eigenvalue weighted by Crippen LogP contribution is 2.22. The van der Waals surface area contributed by atoms with Crippen molar-refractivity contribution in [3.63, 3.8) is 0 Å². The van der Waals surface area contributed by atoms with E-state index in [4.69, 9.17) is 4.74 Å². The summed E-state index contributed by atoms with van der Waals surface area (Å²) in [5.74, 6) is 0.246. The molecule has 0 aliphatic carbocycles. The Labute approximate surface area is 131 Å². The number of methoxy groups -OCH3 is 1. The van der Waals surface area contributed by atoms with Gasteiger partial charge in [0, 0.05) is 18.7 Å². The summed E-state index contributed by atoms with van der Waals surface area (Å²) in [7, 11) is 3.35. The molecule has 2 rings (SSSR count). The summed E-state index contributed by atoms with van der Waals surface area (Å²) < 4.78 is 18.3. The summed E-state index contributed by atoms with van der Waals surface area (Å²) in [4.78, 5) is 14.2. The number of carbonyl (C=O) groups excluding carboxylic acids is 1. The van der Waals surface area contributed by atoms with Crippen LogP contribution in [0, 0.1) is 11.7 Å². The molecule has 1 aliphatic heterocycles. The van der Waals surface area contributed by atoms with Gasteiger partial charge in [0.25, 0.3) is 5.91 Å².